The summed E-state index contributed by atoms with van der Waals surface area (Å²) in [6.07, 6.45) is 1.35. The van der Waals surface area contributed by atoms with E-state index in [0.29, 0.717) is 22.4 Å². The number of nitriles is 1. The Bertz CT molecular complexity index is 1240. The van der Waals surface area contributed by atoms with E-state index < -0.39 is 15.9 Å². The molecule has 1 heterocycles. The van der Waals surface area contributed by atoms with Gasteiger partial charge < -0.3 is 10.1 Å². The molecule has 3 N–H and O–H groups in total. The molecule has 0 radical (unpaired) electrons. The van der Waals surface area contributed by atoms with Crippen molar-refractivity contribution in [3.05, 3.63) is 82.5 Å². The lowest BCUT2D eigenvalue weighted by molar-refractivity contribution is 0.0950. The molecule has 3 aromatic rings. The third-order valence-corrected chi connectivity index (χ3v) is 5.24. The van der Waals surface area contributed by atoms with Crippen molar-refractivity contribution in [2.24, 2.45) is 5.14 Å². The van der Waals surface area contributed by atoms with Crippen molar-refractivity contribution in [1.29, 1.82) is 5.26 Å². The van der Waals surface area contributed by atoms with Crippen LogP contribution in [0.2, 0.25) is 5.02 Å². The van der Waals surface area contributed by atoms with E-state index in [1.54, 1.807) is 24.3 Å². The Kier molecular flexibility index (Phi) is 6.32. The number of primary sulfonamides is 1. The second-order valence-electron chi connectivity index (χ2n) is 6.11. The third kappa shape index (κ3) is 5.33. The number of sulfonamides is 1. The molecule has 0 aliphatic heterocycles. The average molecular weight is 443 g/mol. The fraction of sp³-hybridized carbons (Fsp3) is 0.0500. The Morgan fingerprint density at radius 3 is 2.63 bits per heavy atom. The van der Waals surface area contributed by atoms with Crippen molar-refractivity contribution in [2.45, 2.75) is 11.4 Å². The smallest absolute Gasteiger partial charge is 0.253 e. The van der Waals surface area contributed by atoms with E-state index in [-0.39, 0.29) is 22.3 Å². The zero-order valence-corrected chi connectivity index (χ0v) is 16.9. The number of nitrogens with two attached hydrogens (primary N) is 1. The molecule has 0 aliphatic carbocycles. The van der Waals surface area contributed by atoms with Gasteiger partial charge in [0.15, 0.2) is 0 Å². The number of halogens is 1. The molecule has 0 saturated carbocycles. The number of nitrogens with one attached hydrogen (secondary N) is 1. The molecular formula is C20H15ClN4O4S. The van der Waals surface area contributed by atoms with Crippen molar-refractivity contribution in [3.63, 3.8) is 0 Å². The summed E-state index contributed by atoms with van der Waals surface area (Å²) in [6, 6.07) is 15.7. The van der Waals surface area contributed by atoms with Gasteiger partial charge in [0.2, 0.25) is 15.9 Å². The number of hydrogen-bond acceptors (Lipinski definition) is 6. The number of hydrogen-bond donors (Lipinski definition) is 2. The van der Waals surface area contributed by atoms with Crippen LogP contribution in [0.5, 0.6) is 11.6 Å². The molecule has 1 amide bonds. The van der Waals surface area contributed by atoms with E-state index in [2.05, 4.69) is 10.3 Å². The number of carbonyl (C=O) groups excluding carboxylic acids is 1. The predicted octanol–water partition coefficient (Wildman–Crippen LogP) is 2.98. The summed E-state index contributed by atoms with van der Waals surface area (Å²) in [6.45, 7) is 0.0851. The number of benzene rings is 2. The van der Waals surface area contributed by atoms with Crippen LogP contribution in [0.3, 0.4) is 0 Å². The second kappa shape index (κ2) is 8.92. The SMILES string of the molecule is N#Cc1cccc(Oc2ccc(C(=O)NCc3ccc(S(N)(=O)=O)cc3Cl)cn2)c1. The predicted molar refractivity (Wildman–Crippen MR) is 109 cm³/mol. The summed E-state index contributed by atoms with van der Waals surface area (Å²) >= 11 is 6.06. The van der Waals surface area contributed by atoms with Gasteiger partial charge in [-0.1, -0.05) is 23.7 Å². The summed E-state index contributed by atoms with van der Waals surface area (Å²) in [5.74, 6) is 0.326. The maximum Gasteiger partial charge on any atom is 0.253 e. The number of aromatic nitrogens is 1. The summed E-state index contributed by atoms with van der Waals surface area (Å²) in [7, 11) is -3.85. The Morgan fingerprint density at radius 2 is 2.00 bits per heavy atom. The molecule has 0 spiro atoms. The quantitative estimate of drug-likeness (QED) is 0.602. The molecule has 30 heavy (non-hydrogen) atoms. The minimum absolute atomic E-state index is 0.0851. The van der Waals surface area contributed by atoms with Crippen LogP contribution in [0.25, 0.3) is 0 Å². The first-order chi connectivity index (χ1) is 14.3. The van der Waals surface area contributed by atoms with Gasteiger partial charge in [0.1, 0.15) is 5.75 Å². The summed E-state index contributed by atoms with van der Waals surface area (Å²) < 4.78 is 28.2. The van der Waals surface area contributed by atoms with Gasteiger partial charge in [-0.05, 0) is 42.0 Å². The molecule has 152 valence electrons. The third-order valence-electron chi connectivity index (χ3n) is 3.98. The van der Waals surface area contributed by atoms with Gasteiger partial charge in [-0.3, -0.25) is 4.79 Å². The number of rotatable bonds is 6. The van der Waals surface area contributed by atoms with E-state index in [0.717, 1.165) is 0 Å². The molecule has 0 fully saturated rings. The first-order valence-electron chi connectivity index (χ1n) is 8.50. The van der Waals surface area contributed by atoms with Gasteiger partial charge in [0, 0.05) is 23.8 Å². The maximum atomic E-state index is 12.3. The molecular weight excluding hydrogens is 428 g/mol. The number of ether oxygens (including phenoxy) is 1. The highest BCUT2D eigenvalue weighted by Gasteiger charge is 2.12. The van der Waals surface area contributed by atoms with Crippen molar-refractivity contribution < 1.29 is 17.9 Å². The number of nitrogens with zero attached hydrogens (tertiary/aromatic N) is 2. The first-order valence-corrected chi connectivity index (χ1v) is 10.4. The number of carbonyl (C=O) groups is 1. The molecule has 10 heteroatoms. The first kappa shape index (κ1) is 21.3. The molecule has 3 rings (SSSR count). The van der Waals surface area contributed by atoms with Crippen molar-refractivity contribution in [1.82, 2.24) is 10.3 Å². The topological polar surface area (TPSA) is 135 Å². The van der Waals surface area contributed by atoms with Crippen LogP contribution >= 0.6 is 11.6 Å². The minimum Gasteiger partial charge on any atom is -0.439 e. The molecule has 2 aromatic carbocycles. The largest absolute Gasteiger partial charge is 0.439 e. The minimum atomic E-state index is -3.85. The van der Waals surface area contributed by atoms with Crippen LogP contribution in [0.1, 0.15) is 21.5 Å². The van der Waals surface area contributed by atoms with E-state index >= 15 is 0 Å². The van der Waals surface area contributed by atoms with Crippen LogP contribution in [-0.4, -0.2) is 19.3 Å². The lowest BCUT2D eigenvalue weighted by atomic mass is 10.2. The normalized spacial score (nSPS) is 10.8. The maximum absolute atomic E-state index is 12.3. The highest BCUT2D eigenvalue weighted by molar-refractivity contribution is 7.89. The van der Waals surface area contributed by atoms with Crippen molar-refractivity contribution in [3.8, 4) is 17.7 Å². The molecule has 0 unspecified atom stereocenters. The van der Waals surface area contributed by atoms with E-state index in [1.807, 2.05) is 6.07 Å². The highest BCUT2D eigenvalue weighted by atomic mass is 35.5. The van der Waals surface area contributed by atoms with Gasteiger partial charge in [-0.2, -0.15) is 5.26 Å². The monoisotopic (exact) mass is 442 g/mol. The lowest BCUT2D eigenvalue weighted by Crippen LogP contribution is -2.23. The molecule has 0 bridgehead atoms. The zero-order chi connectivity index (χ0) is 21.7. The van der Waals surface area contributed by atoms with Gasteiger partial charge in [0.05, 0.1) is 22.1 Å². The van der Waals surface area contributed by atoms with Crippen LogP contribution < -0.4 is 15.2 Å². The fourth-order valence-electron chi connectivity index (χ4n) is 2.45. The fourth-order valence-corrected chi connectivity index (χ4v) is 3.30. The standard InChI is InChI=1S/C20H15ClN4O4S/c21-18-9-17(30(23,27)28)6-4-14(18)11-25-20(26)15-5-7-19(24-12-15)29-16-3-1-2-13(8-16)10-22/h1-9,12H,11H2,(H,25,26)(H2,23,27,28). The molecule has 1 aromatic heterocycles. The van der Waals surface area contributed by atoms with Gasteiger partial charge in [0.25, 0.3) is 5.91 Å². The lowest BCUT2D eigenvalue weighted by Gasteiger charge is -2.09. The highest BCUT2D eigenvalue weighted by Crippen LogP contribution is 2.21. The van der Waals surface area contributed by atoms with Crippen LogP contribution in [0.15, 0.2) is 65.7 Å². The van der Waals surface area contributed by atoms with E-state index in [9.17, 15) is 13.2 Å². The van der Waals surface area contributed by atoms with E-state index in [4.69, 9.17) is 26.7 Å². The average Bonchev–Trinajstić information content (AvgIpc) is 2.72. The van der Waals surface area contributed by atoms with Crippen LogP contribution in [-0.2, 0) is 16.6 Å². The summed E-state index contributed by atoms with van der Waals surface area (Å²) in [5, 5.41) is 16.8. The molecule has 0 atom stereocenters. The van der Waals surface area contributed by atoms with Gasteiger partial charge >= 0.3 is 0 Å². The Hall–Kier alpha value is -3.45. The molecule has 0 aliphatic rings. The zero-order valence-electron chi connectivity index (χ0n) is 15.4. The van der Waals surface area contributed by atoms with Crippen LogP contribution in [0.4, 0.5) is 0 Å². The Morgan fingerprint density at radius 1 is 1.20 bits per heavy atom. The van der Waals surface area contributed by atoms with E-state index in [1.165, 1.54) is 36.5 Å². The van der Waals surface area contributed by atoms with Gasteiger partial charge in [-0.15, -0.1) is 0 Å². The van der Waals surface area contributed by atoms with Crippen molar-refractivity contribution >= 4 is 27.5 Å². The van der Waals surface area contributed by atoms with Crippen molar-refractivity contribution in [2.75, 3.05) is 0 Å². The summed E-state index contributed by atoms with van der Waals surface area (Å²) in [5.41, 5.74) is 1.28. The second-order valence-corrected chi connectivity index (χ2v) is 8.08. The number of pyridine rings is 1. The summed E-state index contributed by atoms with van der Waals surface area (Å²) in [4.78, 5) is 16.3. The van der Waals surface area contributed by atoms with Crippen LogP contribution in [0, 0.1) is 11.3 Å². The Labute approximate surface area is 177 Å². The Balaban J connectivity index is 1.63. The molecule has 0 saturated heterocycles. The number of amides is 1. The van der Waals surface area contributed by atoms with Gasteiger partial charge in [-0.25, -0.2) is 18.5 Å². The molecule has 8 nitrogen and oxygen atoms in total.